The number of hydrogen-bond acceptors (Lipinski definition) is 6. The lowest BCUT2D eigenvalue weighted by atomic mass is 9.86. The number of aliphatic hydroxyl groups is 2. The van der Waals surface area contributed by atoms with E-state index in [2.05, 4.69) is 38.3 Å². The number of rotatable bonds is 7. The first-order valence-corrected chi connectivity index (χ1v) is 13.0. The van der Waals surface area contributed by atoms with E-state index < -0.39 is 18.0 Å². The van der Waals surface area contributed by atoms with Gasteiger partial charge in [-0.15, -0.1) is 0 Å². The average Bonchev–Trinajstić information content (AvgIpc) is 3.25. The Kier molecular flexibility index (Phi) is 7.71. The van der Waals surface area contributed by atoms with Crippen molar-refractivity contribution < 1.29 is 23.4 Å². The molecule has 5 rings (SSSR count). The molecule has 0 amide bonds. The highest BCUT2D eigenvalue weighted by Gasteiger charge is 2.31. The lowest BCUT2D eigenvalue weighted by Crippen LogP contribution is -2.42. The van der Waals surface area contributed by atoms with Crippen LogP contribution in [0.5, 0.6) is 0 Å². The van der Waals surface area contributed by atoms with E-state index in [1.807, 2.05) is 0 Å². The van der Waals surface area contributed by atoms with Crippen LogP contribution in [0.1, 0.15) is 54.6 Å². The van der Waals surface area contributed by atoms with Crippen LogP contribution in [0.3, 0.4) is 0 Å². The van der Waals surface area contributed by atoms with Gasteiger partial charge in [0.05, 0.1) is 16.6 Å². The van der Waals surface area contributed by atoms with Crippen molar-refractivity contribution >= 4 is 17.0 Å². The Morgan fingerprint density at radius 3 is 2.51 bits per heavy atom. The van der Waals surface area contributed by atoms with Crippen LogP contribution < -0.4 is 10.6 Å². The zero-order chi connectivity index (χ0) is 26.0. The second-order valence-electron chi connectivity index (χ2n) is 10.2. The predicted octanol–water partition coefficient (Wildman–Crippen LogP) is 4.29. The summed E-state index contributed by atoms with van der Waals surface area (Å²) >= 11 is 0. The Balaban J connectivity index is 1.45. The van der Waals surface area contributed by atoms with E-state index in [0.29, 0.717) is 5.95 Å². The Labute approximate surface area is 214 Å². The van der Waals surface area contributed by atoms with Crippen LogP contribution in [0, 0.1) is 5.92 Å². The minimum atomic E-state index is -4.49. The summed E-state index contributed by atoms with van der Waals surface area (Å²) in [7, 11) is 0. The molecule has 10 heteroatoms. The molecule has 4 N–H and O–H groups in total. The molecule has 1 atom stereocenters. The van der Waals surface area contributed by atoms with Crippen LogP contribution in [-0.4, -0.2) is 57.4 Å². The number of halogens is 3. The normalized spacial score (nSPS) is 22.3. The number of nitrogens with zero attached hydrogens (tertiary/aromatic N) is 3. The molecule has 1 saturated carbocycles. The number of piperazine rings is 1. The third kappa shape index (κ3) is 5.93. The van der Waals surface area contributed by atoms with Gasteiger partial charge in [-0.3, -0.25) is 4.90 Å². The Morgan fingerprint density at radius 2 is 1.81 bits per heavy atom. The van der Waals surface area contributed by atoms with Crippen molar-refractivity contribution in [3.63, 3.8) is 0 Å². The molecule has 7 nitrogen and oxygen atoms in total. The van der Waals surface area contributed by atoms with Crippen molar-refractivity contribution in [2.75, 3.05) is 38.1 Å². The number of anilines is 1. The summed E-state index contributed by atoms with van der Waals surface area (Å²) in [5.41, 5.74) is 2.18. The van der Waals surface area contributed by atoms with Gasteiger partial charge in [0, 0.05) is 50.9 Å². The number of nitrogens with one attached hydrogen (secondary N) is 2. The molecule has 2 aromatic carbocycles. The maximum absolute atomic E-state index is 13.2. The molecule has 1 aliphatic heterocycles. The van der Waals surface area contributed by atoms with Crippen molar-refractivity contribution in [3.8, 4) is 0 Å². The maximum atomic E-state index is 13.2. The molecule has 200 valence electrons. The highest BCUT2D eigenvalue weighted by molar-refractivity contribution is 5.80. The van der Waals surface area contributed by atoms with Gasteiger partial charge in [0.1, 0.15) is 0 Å². The summed E-state index contributed by atoms with van der Waals surface area (Å²) in [6.07, 6.45) is -2.36. The van der Waals surface area contributed by atoms with Gasteiger partial charge < -0.3 is 25.4 Å². The molecule has 0 spiro atoms. The first kappa shape index (κ1) is 26.0. The Hall–Kier alpha value is -2.66. The van der Waals surface area contributed by atoms with Crippen molar-refractivity contribution in [3.05, 3.63) is 59.2 Å². The monoisotopic (exact) mass is 517 g/mol. The number of benzene rings is 2. The van der Waals surface area contributed by atoms with Crippen LogP contribution in [0.2, 0.25) is 0 Å². The molecule has 2 fully saturated rings. The van der Waals surface area contributed by atoms with Gasteiger partial charge in [0.2, 0.25) is 5.95 Å². The number of alkyl halides is 3. The van der Waals surface area contributed by atoms with Crippen molar-refractivity contribution in [2.24, 2.45) is 5.92 Å². The zero-order valence-corrected chi connectivity index (χ0v) is 20.7. The van der Waals surface area contributed by atoms with Gasteiger partial charge in [0.15, 0.2) is 6.23 Å². The van der Waals surface area contributed by atoms with Crippen LogP contribution in [0.25, 0.3) is 11.0 Å². The molecule has 3 aromatic rings. The van der Waals surface area contributed by atoms with E-state index in [1.54, 1.807) is 0 Å². The molecule has 1 saturated heterocycles. The minimum absolute atomic E-state index is 0.114. The van der Waals surface area contributed by atoms with Gasteiger partial charge in [0.25, 0.3) is 0 Å². The van der Waals surface area contributed by atoms with Crippen LogP contribution in [-0.2, 0) is 12.7 Å². The molecule has 1 aliphatic carbocycles. The van der Waals surface area contributed by atoms with Crippen molar-refractivity contribution in [1.29, 1.82) is 0 Å². The SMILES string of the molecule is OCC1CCC(n2c(NC(O)c3cccc(C(F)(F)F)c3)nc3cc(CN4CCNCC4)ccc32)CC1. The summed E-state index contributed by atoms with van der Waals surface area (Å²) in [4.78, 5) is 7.20. The van der Waals surface area contributed by atoms with Gasteiger partial charge >= 0.3 is 6.18 Å². The molecule has 0 radical (unpaired) electrons. The number of aromatic nitrogens is 2. The summed E-state index contributed by atoms with van der Waals surface area (Å²) in [6.45, 7) is 4.89. The first-order chi connectivity index (χ1) is 17.8. The number of imidazole rings is 1. The zero-order valence-electron chi connectivity index (χ0n) is 20.7. The van der Waals surface area contributed by atoms with E-state index in [4.69, 9.17) is 4.98 Å². The minimum Gasteiger partial charge on any atom is -0.396 e. The predicted molar refractivity (Wildman–Crippen MR) is 136 cm³/mol. The van der Waals surface area contributed by atoms with Gasteiger partial charge in [-0.2, -0.15) is 13.2 Å². The van der Waals surface area contributed by atoms with Crippen LogP contribution >= 0.6 is 0 Å². The Morgan fingerprint density at radius 1 is 1.05 bits per heavy atom. The molecule has 37 heavy (non-hydrogen) atoms. The molecule has 1 unspecified atom stereocenters. The summed E-state index contributed by atoms with van der Waals surface area (Å²) in [5, 5.41) is 26.8. The van der Waals surface area contributed by atoms with E-state index in [-0.39, 0.29) is 24.1 Å². The van der Waals surface area contributed by atoms with E-state index in [1.165, 1.54) is 12.1 Å². The molecule has 0 bridgehead atoms. The standard InChI is InChI=1S/C27H34F3N5O2/c28-27(29,30)21-3-1-2-20(15-21)25(37)33-26-32-23-14-19(16-34-12-10-31-11-13-34)6-9-24(23)35(26)22-7-4-18(17-36)5-8-22/h1-3,6,9,14-15,18,22,25,31,36-37H,4-5,7-8,10-13,16-17H2,(H,32,33). The van der Waals surface area contributed by atoms with Gasteiger partial charge in [-0.1, -0.05) is 18.2 Å². The lowest BCUT2D eigenvalue weighted by molar-refractivity contribution is -0.137. The number of fused-ring (bicyclic) bond motifs is 1. The van der Waals surface area contributed by atoms with Gasteiger partial charge in [-0.05, 0) is 61.4 Å². The van der Waals surface area contributed by atoms with Crippen molar-refractivity contribution in [2.45, 2.75) is 50.7 Å². The largest absolute Gasteiger partial charge is 0.416 e. The topological polar surface area (TPSA) is 85.6 Å². The lowest BCUT2D eigenvalue weighted by Gasteiger charge is -2.30. The van der Waals surface area contributed by atoms with Crippen molar-refractivity contribution in [1.82, 2.24) is 19.8 Å². The van der Waals surface area contributed by atoms with E-state index in [9.17, 15) is 23.4 Å². The highest BCUT2D eigenvalue weighted by Crippen LogP contribution is 2.38. The third-order valence-corrected chi connectivity index (χ3v) is 7.60. The highest BCUT2D eigenvalue weighted by atomic mass is 19.4. The fraction of sp³-hybridized carbons (Fsp3) is 0.519. The smallest absolute Gasteiger partial charge is 0.396 e. The molecular formula is C27H34F3N5O2. The summed E-state index contributed by atoms with van der Waals surface area (Å²) in [5.74, 6) is 0.718. The van der Waals surface area contributed by atoms with E-state index >= 15 is 0 Å². The molecule has 2 aliphatic rings. The van der Waals surface area contributed by atoms with Crippen LogP contribution in [0.15, 0.2) is 42.5 Å². The quantitative estimate of drug-likeness (QED) is 0.350. The summed E-state index contributed by atoms with van der Waals surface area (Å²) in [6, 6.07) is 11.1. The number of hydrogen-bond donors (Lipinski definition) is 4. The van der Waals surface area contributed by atoms with E-state index in [0.717, 1.165) is 87.1 Å². The van der Waals surface area contributed by atoms with Gasteiger partial charge in [-0.25, -0.2) is 4.98 Å². The molecular weight excluding hydrogens is 483 g/mol. The molecule has 1 aromatic heterocycles. The second-order valence-corrected chi connectivity index (χ2v) is 10.2. The number of aliphatic hydroxyl groups excluding tert-OH is 2. The van der Waals surface area contributed by atoms with Crippen LogP contribution in [0.4, 0.5) is 19.1 Å². The third-order valence-electron chi connectivity index (χ3n) is 7.60. The first-order valence-electron chi connectivity index (χ1n) is 13.0. The fourth-order valence-electron chi connectivity index (χ4n) is 5.52. The fourth-order valence-corrected chi connectivity index (χ4v) is 5.52. The summed E-state index contributed by atoms with van der Waals surface area (Å²) < 4.78 is 41.8. The Bertz CT molecular complexity index is 1200. The average molecular weight is 518 g/mol. The molecule has 2 heterocycles. The second kappa shape index (κ2) is 11.0. The maximum Gasteiger partial charge on any atom is 0.416 e.